The molecule has 0 spiro atoms. The van der Waals surface area contributed by atoms with Crippen LogP contribution in [0.2, 0.25) is 0 Å². The quantitative estimate of drug-likeness (QED) is 0.797. The highest BCUT2D eigenvalue weighted by Gasteiger charge is 2.06. The van der Waals surface area contributed by atoms with Gasteiger partial charge in [0.1, 0.15) is 11.9 Å². The molecule has 0 aliphatic heterocycles. The van der Waals surface area contributed by atoms with E-state index in [0.29, 0.717) is 17.9 Å². The van der Waals surface area contributed by atoms with Gasteiger partial charge in [0.05, 0.1) is 22.3 Å². The van der Waals surface area contributed by atoms with Crippen molar-refractivity contribution in [2.24, 2.45) is 0 Å². The predicted octanol–water partition coefficient (Wildman–Crippen LogP) is 3.22. The third-order valence-corrected chi connectivity index (χ3v) is 3.64. The van der Waals surface area contributed by atoms with Gasteiger partial charge in [-0.05, 0) is 12.1 Å². The van der Waals surface area contributed by atoms with Crippen LogP contribution >= 0.6 is 11.3 Å². The van der Waals surface area contributed by atoms with Crippen LogP contribution in [0.1, 0.15) is 11.3 Å². The van der Waals surface area contributed by atoms with E-state index in [4.69, 9.17) is 0 Å². The Kier molecular flexibility index (Phi) is 3.57. The van der Waals surface area contributed by atoms with E-state index < -0.39 is 0 Å². The molecule has 0 saturated carbocycles. The van der Waals surface area contributed by atoms with Gasteiger partial charge in [-0.25, -0.2) is 9.97 Å². The Hall–Kier alpha value is -2.45. The second-order valence-corrected chi connectivity index (χ2v) is 5.06. The predicted molar refractivity (Wildman–Crippen MR) is 80.8 cm³/mol. The van der Waals surface area contributed by atoms with Crippen LogP contribution < -0.4 is 5.32 Å². The van der Waals surface area contributed by atoms with Gasteiger partial charge in [-0.2, -0.15) is 5.26 Å². The van der Waals surface area contributed by atoms with Crippen LogP contribution in [0.15, 0.2) is 41.2 Å². The number of fused-ring (bicyclic) bond motifs is 1. The van der Waals surface area contributed by atoms with Gasteiger partial charge in [-0.1, -0.05) is 18.2 Å². The summed E-state index contributed by atoms with van der Waals surface area (Å²) in [5, 5.41) is 15.5. The molecule has 20 heavy (non-hydrogen) atoms. The molecule has 0 radical (unpaired) electrons. The molecule has 0 bridgehead atoms. The Morgan fingerprint density at radius 2 is 2.20 bits per heavy atom. The number of pyridine rings is 1. The van der Waals surface area contributed by atoms with Crippen molar-refractivity contribution in [1.29, 1.82) is 5.26 Å². The van der Waals surface area contributed by atoms with Crippen molar-refractivity contribution in [3.05, 3.63) is 52.5 Å². The highest BCUT2D eigenvalue weighted by atomic mass is 32.1. The highest BCUT2D eigenvalue weighted by Crippen LogP contribution is 2.19. The molecule has 0 fully saturated rings. The van der Waals surface area contributed by atoms with Gasteiger partial charge >= 0.3 is 0 Å². The molecular formula is C15H12N4S. The minimum absolute atomic E-state index is 0.571. The Bertz CT molecular complexity index is 759. The first kappa shape index (κ1) is 12.6. The highest BCUT2D eigenvalue weighted by molar-refractivity contribution is 7.07. The summed E-state index contributed by atoms with van der Waals surface area (Å²) in [5.74, 6) is 0.640. The van der Waals surface area contributed by atoms with Crippen molar-refractivity contribution in [2.75, 3.05) is 11.9 Å². The van der Waals surface area contributed by atoms with E-state index >= 15 is 0 Å². The molecule has 0 aliphatic rings. The number of aromatic nitrogens is 2. The lowest BCUT2D eigenvalue weighted by Crippen LogP contribution is -2.08. The minimum Gasteiger partial charge on any atom is -0.369 e. The molecule has 0 atom stereocenters. The first-order valence-electron chi connectivity index (χ1n) is 6.27. The average molecular weight is 280 g/mol. The molecule has 2 aromatic heterocycles. The number of nitrogens with one attached hydrogen (secondary N) is 1. The molecule has 4 nitrogen and oxygen atoms in total. The number of hydrogen-bond donors (Lipinski definition) is 1. The molecule has 0 saturated heterocycles. The number of para-hydroxylation sites is 1. The fourth-order valence-electron chi connectivity index (χ4n) is 2.01. The van der Waals surface area contributed by atoms with Crippen molar-refractivity contribution < 1.29 is 0 Å². The smallest absolute Gasteiger partial charge is 0.144 e. The minimum atomic E-state index is 0.571. The van der Waals surface area contributed by atoms with Gasteiger partial charge < -0.3 is 5.32 Å². The molecule has 0 aliphatic carbocycles. The van der Waals surface area contributed by atoms with E-state index in [-0.39, 0.29) is 0 Å². The average Bonchev–Trinajstić information content (AvgIpc) is 3.00. The molecule has 0 amide bonds. The zero-order chi connectivity index (χ0) is 13.8. The van der Waals surface area contributed by atoms with Crippen molar-refractivity contribution in [2.45, 2.75) is 6.42 Å². The van der Waals surface area contributed by atoms with E-state index in [1.165, 1.54) is 0 Å². The summed E-state index contributed by atoms with van der Waals surface area (Å²) in [7, 11) is 0. The first-order valence-corrected chi connectivity index (χ1v) is 7.22. The second kappa shape index (κ2) is 5.68. The Labute approximate surface area is 120 Å². The summed E-state index contributed by atoms with van der Waals surface area (Å²) in [6, 6.07) is 11.9. The summed E-state index contributed by atoms with van der Waals surface area (Å²) in [4.78, 5) is 8.75. The maximum atomic E-state index is 9.22. The van der Waals surface area contributed by atoms with Crippen LogP contribution in [0.5, 0.6) is 0 Å². The van der Waals surface area contributed by atoms with E-state index in [1.807, 2.05) is 41.2 Å². The number of thiazole rings is 1. The molecular weight excluding hydrogens is 268 g/mol. The number of hydrogen-bond acceptors (Lipinski definition) is 5. The van der Waals surface area contributed by atoms with Crippen LogP contribution in [-0.4, -0.2) is 16.5 Å². The Morgan fingerprint density at radius 3 is 3.00 bits per heavy atom. The Morgan fingerprint density at radius 1 is 1.30 bits per heavy atom. The summed E-state index contributed by atoms with van der Waals surface area (Å²) in [6.07, 6.45) is 0.822. The van der Waals surface area contributed by atoms with Crippen LogP contribution in [0.3, 0.4) is 0 Å². The van der Waals surface area contributed by atoms with Crippen molar-refractivity contribution in [3.8, 4) is 6.07 Å². The lowest BCUT2D eigenvalue weighted by atomic mass is 10.1. The number of benzene rings is 1. The van der Waals surface area contributed by atoms with Gasteiger partial charge in [0.15, 0.2) is 0 Å². The summed E-state index contributed by atoms with van der Waals surface area (Å²) in [6.45, 7) is 0.712. The van der Waals surface area contributed by atoms with Crippen molar-refractivity contribution >= 4 is 28.1 Å². The standard InChI is InChI=1S/C15H12N4S/c16-8-12-7-11-3-1-2-4-14(11)19-15(12)17-6-5-13-9-20-10-18-13/h1-4,7,9-10H,5-6H2,(H,17,19). The first-order chi connectivity index (χ1) is 9.86. The molecule has 1 aromatic carbocycles. The van der Waals surface area contributed by atoms with Gasteiger partial charge in [-0.15, -0.1) is 11.3 Å². The molecule has 98 valence electrons. The fourth-order valence-corrected chi connectivity index (χ4v) is 2.60. The monoisotopic (exact) mass is 280 g/mol. The third kappa shape index (κ3) is 2.60. The molecule has 5 heteroatoms. The molecule has 1 N–H and O–H groups in total. The normalized spacial score (nSPS) is 10.3. The van der Waals surface area contributed by atoms with Crippen LogP contribution in [-0.2, 0) is 6.42 Å². The maximum Gasteiger partial charge on any atom is 0.144 e. The second-order valence-electron chi connectivity index (χ2n) is 4.35. The maximum absolute atomic E-state index is 9.22. The van der Waals surface area contributed by atoms with E-state index in [9.17, 15) is 5.26 Å². The number of rotatable bonds is 4. The fraction of sp³-hybridized carbons (Fsp3) is 0.133. The van der Waals surface area contributed by atoms with E-state index in [0.717, 1.165) is 23.0 Å². The van der Waals surface area contributed by atoms with Crippen molar-refractivity contribution in [1.82, 2.24) is 9.97 Å². The van der Waals surface area contributed by atoms with Gasteiger partial charge in [0, 0.05) is 23.7 Å². The van der Waals surface area contributed by atoms with Gasteiger partial charge in [0.25, 0.3) is 0 Å². The zero-order valence-corrected chi connectivity index (χ0v) is 11.5. The third-order valence-electron chi connectivity index (χ3n) is 3.00. The van der Waals surface area contributed by atoms with Crippen LogP contribution in [0, 0.1) is 11.3 Å². The van der Waals surface area contributed by atoms with Gasteiger partial charge in [-0.3, -0.25) is 0 Å². The molecule has 3 rings (SSSR count). The lowest BCUT2D eigenvalue weighted by molar-refractivity contribution is 0.969. The Balaban J connectivity index is 1.81. The largest absolute Gasteiger partial charge is 0.369 e. The van der Waals surface area contributed by atoms with Crippen LogP contribution in [0.25, 0.3) is 10.9 Å². The van der Waals surface area contributed by atoms with Crippen molar-refractivity contribution in [3.63, 3.8) is 0 Å². The number of nitrogens with zero attached hydrogens (tertiary/aromatic N) is 3. The topological polar surface area (TPSA) is 61.6 Å². The molecule has 3 aromatic rings. The summed E-state index contributed by atoms with van der Waals surface area (Å²) in [5.41, 5.74) is 4.34. The molecule has 2 heterocycles. The lowest BCUT2D eigenvalue weighted by Gasteiger charge is -2.08. The number of nitriles is 1. The zero-order valence-electron chi connectivity index (χ0n) is 10.7. The SMILES string of the molecule is N#Cc1cc2ccccc2nc1NCCc1cscn1. The summed E-state index contributed by atoms with van der Waals surface area (Å²) < 4.78 is 0. The van der Waals surface area contributed by atoms with Crippen LogP contribution in [0.4, 0.5) is 5.82 Å². The van der Waals surface area contributed by atoms with E-state index in [2.05, 4.69) is 21.4 Å². The molecule has 0 unspecified atom stereocenters. The summed E-state index contributed by atoms with van der Waals surface area (Å²) >= 11 is 1.59. The van der Waals surface area contributed by atoms with E-state index in [1.54, 1.807) is 11.3 Å². The van der Waals surface area contributed by atoms with Gasteiger partial charge in [0.2, 0.25) is 0 Å². The number of anilines is 1.